The largest absolute Gasteiger partial charge is 0.379 e. The first kappa shape index (κ1) is 9.65. The van der Waals surface area contributed by atoms with Crippen LogP contribution in [-0.2, 0) is 4.74 Å². The molecule has 0 N–H and O–H groups in total. The predicted molar refractivity (Wildman–Crippen MR) is 48.1 cm³/mol. The Bertz CT molecular complexity index is 151. The van der Waals surface area contributed by atoms with Gasteiger partial charge in [-0.15, -0.1) is 0 Å². The van der Waals surface area contributed by atoms with Crippen LogP contribution in [0.1, 0.15) is 39.5 Å². The lowest BCUT2D eigenvalue weighted by atomic mass is 9.83. The van der Waals surface area contributed by atoms with E-state index in [9.17, 15) is 4.91 Å². The molecular weight excluding hydrogens is 154 g/mol. The molecule has 12 heavy (non-hydrogen) atoms. The lowest BCUT2D eigenvalue weighted by Crippen LogP contribution is -2.31. The Morgan fingerprint density at radius 3 is 2.50 bits per heavy atom. The van der Waals surface area contributed by atoms with Gasteiger partial charge in [-0.3, -0.25) is 0 Å². The first-order valence-corrected chi connectivity index (χ1v) is 4.66. The van der Waals surface area contributed by atoms with E-state index < -0.39 is 0 Å². The van der Waals surface area contributed by atoms with Crippen molar-refractivity contribution in [1.82, 2.24) is 0 Å². The zero-order valence-electron chi connectivity index (χ0n) is 7.88. The van der Waals surface area contributed by atoms with E-state index in [1.807, 2.05) is 13.8 Å². The zero-order chi connectivity index (χ0) is 9.03. The standard InChI is InChI=1S/C9H17NO2/c1-3-12-8-4-6-9(2,10-11)7-5-8/h8H,3-7H2,1-2H3. The molecule has 0 atom stereocenters. The van der Waals surface area contributed by atoms with Gasteiger partial charge < -0.3 is 4.74 Å². The third kappa shape index (κ3) is 2.27. The molecule has 0 heterocycles. The summed E-state index contributed by atoms with van der Waals surface area (Å²) in [6.45, 7) is 4.71. The second-order valence-electron chi connectivity index (χ2n) is 3.74. The second-order valence-corrected chi connectivity index (χ2v) is 3.74. The Balaban J connectivity index is 2.33. The highest BCUT2D eigenvalue weighted by molar-refractivity contribution is 4.88. The number of rotatable bonds is 3. The first-order valence-electron chi connectivity index (χ1n) is 4.66. The molecule has 1 saturated carbocycles. The number of ether oxygens (including phenoxy) is 1. The quantitative estimate of drug-likeness (QED) is 0.612. The maximum atomic E-state index is 10.5. The minimum Gasteiger partial charge on any atom is -0.379 e. The highest BCUT2D eigenvalue weighted by Gasteiger charge is 2.32. The van der Waals surface area contributed by atoms with E-state index in [1.54, 1.807) is 0 Å². The van der Waals surface area contributed by atoms with Gasteiger partial charge in [-0.25, -0.2) is 0 Å². The Morgan fingerprint density at radius 1 is 1.50 bits per heavy atom. The van der Waals surface area contributed by atoms with Gasteiger partial charge in [0.05, 0.1) is 6.10 Å². The van der Waals surface area contributed by atoms with Gasteiger partial charge in [-0.1, -0.05) is 5.18 Å². The van der Waals surface area contributed by atoms with Crippen molar-refractivity contribution in [3.63, 3.8) is 0 Å². The molecule has 3 nitrogen and oxygen atoms in total. The molecule has 1 rings (SSSR count). The fourth-order valence-corrected chi connectivity index (χ4v) is 1.71. The van der Waals surface area contributed by atoms with Crippen molar-refractivity contribution in [1.29, 1.82) is 0 Å². The summed E-state index contributed by atoms with van der Waals surface area (Å²) in [4.78, 5) is 10.5. The second kappa shape index (κ2) is 3.99. The molecule has 1 fully saturated rings. The average molecular weight is 171 g/mol. The summed E-state index contributed by atoms with van der Waals surface area (Å²) in [6, 6.07) is 0. The highest BCUT2D eigenvalue weighted by Crippen LogP contribution is 2.32. The number of hydrogen-bond donors (Lipinski definition) is 0. The van der Waals surface area contributed by atoms with Gasteiger partial charge in [0.2, 0.25) is 0 Å². The summed E-state index contributed by atoms with van der Waals surface area (Å²) in [6.07, 6.45) is 4.08. The van der Waals surface area contributed by atoms with Crippen LogP contribution in [0.15, 0.2) is 5.18 Å². The lowest BCUT2D eigenvalue weighted by molar-refractivity contribution is 0.0231. The maximum Gasteiger partial charge on any atom is 0.100 e. The van der Waals surface area contributed by atoms with Gasteiger partial charge >= 0.3 is 0 Å². The summed E-state index contributed by atoms with van der Waals surface area (Å²) in [5.41, 5.74) is -0.312. The normalized spacial score (nSPS) is 36.3. The van der Waals surface area contributed by atoms with Crippen LogP contribution in [0.5, 0.6) is 0 Å². The molecule has 0 radical (unpaired) electrons. The minimum absolute atomic E-state index is 0.312. The third-order valence-electron chi connectivity index (χ3n) is 2.63. The van der Waals surface area contributed by atoms with E-state index in [4.69, 9.17) is 4.74 Å². The smallest absolute Gasteiger partial charge is 0.100 e. The summed E-state index contributed by atoms with van der Waals surface area (Å²) in [5, 5.41) is 3.17. The Hall–Kier alpha value is -0.440. The van der Waals surface area contributed by atoms with Crippen molar-refractivity contribution in [3.8, 4) is 0 Å². The lowest BCUT2D eigenvalue weighted by Gasteiger charge is -2.31. The van der Waals surface area contributed by atoms with Gasteiger partial charge in [-0.05, 0) is 39.5 Å². The molecule has 70 valence electrons. The number of nitrogens with zero attached hydrogens (tertiary/aromatic N) is 1. The monoisotopic (exact) mass is 171 g/mol. The fraction of sp³-hybridized carbons (Fsp3) is 1.00. The first-order chi connectivity index (χ1) is 5.70. The Labute approximate surface area is 73.5 Å². The van der Waals surface area contributed by atoms with Crippen LogP contribution >= 0.6 is 0 Å². The predicted octanol–water partition coefficient (Wildman–Crippen LogP) is 2.49. The van der Waals surface area contributed by atoms with Crippen LogP contribution in [0.3, 0.4) is 0 Å². The average Bonchev–Trinajstić information content (AvgIpc) is 2.10. The van der Waals surface area contributed by atoms with Crippen molar-refractivity contribution in [2.75, 3.05) is 6.61 Å². The topological polar surface area (TPSA) is 38.7 Å². The number of nitroso groups, excluding NO2 is 1. The molecule has 0 aliphatic heterocycles. The van der Waals surface area contributed by atoms with Crippen LogP contribution in [0.25, 0.3) is 0 Å². The van der Waals surface area contributed by atoms with Crippen LogP contribution in [0.4, 0.5) is 0 Å². The molecular formula is C9H17NO2. The fourth-order valence-electron chi connectivity index (χ4n) is 1.71. The molecule has 0 saturated heterocycles. The molecule has 0 aromatic carbocycles. The minimum atomic E-state index is -0.312. The summed E-state index contributed by atoms with van der Waals surface area (Å²) >= 11 is 0. The maximum absolute atomic E-state index is 10.5. The van der Waals surface area contributed by atoms with E-state index >= 15 is 0 Å². The molecule has 0 amide bonds. The van der Waals surface area contributed by atoms with Gasteiger partial charge in [0, 0.05) is 6.61 Å². The molecule has 0 aromatic rings. The third-order valence-corrected chi connectivity index (χ3v) is 2.63. The van der Waals surface area contributed by atoms with Gasteiger partial charge in [0.1, 0.15) is 5.54 Å². The van der Waals surface area contributed by atoms with Gasteiger partial charge in [0.15, 0.2) is 0 Å². The van der Waals surface area contributed by atoms with E-state index in [2.05, 4.69) is 5.18 Å². The molecule has 0 unspecified atom stereocenters. The van der Waals surface area contributed by atoms with E-state index in [0.717, 1.165) is 32.3 Å². The zero-order valence-corrected chi connectivity index (χ0v) is 7.88. The van der Waals surface area contributed by atoms with Crippen molar-refractivity contribution < 1.29 is 4.74 Å². The number of hydrogen-bond acceptors (Lipinski definition) is 3. The van der Waals surface area contributed by atoms with Crippen molar-refractivity contribution in [3.05, 3.63) is 4.91 Å². The SMILES string of the molecule is CCOC1CCC(C)(N=O)CC1. The molecule has 1 aliphatic carbocycles. The highest BCUT2D eigenvalue weighted by atomic mass is 16.5. The van der Waals surface area contributed by atoms with Crippen molar-refractivity contribution >= 4 is 0 Å². The van der Waals surface area contributed by atoms with Crippen LogP contribution in [0.2, 0.25) is 0 Å². The molecule has 0 bridgehead atoms. The molecule has 0 aromatic heterocycles. The van der Waals surface area contributed by atoms with Gasteiger partial charge in [-0.2, -0.15) is 4.91 Å². The van der Waals surface area contributed by atoms with Crippen LogP contribution in [0, 0.1) is 4.91 Å². The van der Waals surface area contributed by atoms with Crippen molar-refractivity contribution in [2.45, 2.75) is 51.2 Å². The van der Waals surface area contributed by atoms with E-state index in [0.29, 0.717) is 6.10 Å². The van der Waals surface area contributed by atoms with Crippen LogP contribution in [-0.4, -0.2) is 18.2 Å². The molecule has 1 aliphatic rings. The summed E-state index contributed by atoms with van der Waals surface area (Å²) in [7, 11) is 0. The van der Waals surface area contributed by atoms with Crippen LogP contribution < -0.4 is 0 Å². The van der Waals surface area contributed by atoms with Gasteiger partial charge in [0.25, 0.3) is 0 Å². The summed E-state index contributed by atoms with van der Waals surface area (Å²) < 4.78 is 5.48. The van der Waals surface area contributed by atoms with Crippen molar-refractivity contribution in [2.24, 2.45) is 5.18 Å². The Morgan fingerprint density at radius 2 is 2.08 bits per heavy atom. The van der Waals surface area contributed by atoms with E-state index in [-0.39, 0.29) is 5.54 Å². The van der Waals surface area contributed by atoms with E-state index in [1.165, 1.54) is 0 Å². The Kier molecular flexibility index (Phi) is 3.20. The molecule has 3 heteroatoms. The molecule has 0 spiro atoms. The summed E-state index contributed by atoms with van der Waals surface area (Å²) in [5.74, 6) is 0.